The van der Waals surface area contributed by atoms with Crippen LogP contribution in [0, 0.1) is 5.92 Å². The van der Waals surface area contributed by atoms with Crippen LogP contribution >= 0.6 is 0 Å². The Kier molecular flexibility index (Phi) is 4.59. The maximum absolute atomic E-state index is 12.2. The lowest BCUT2D eigenvalue weighted by atomic mass is 9.95. The smallest absolute Gasteiger partial charge is 0.236 e. The Morgan fingerprint density at radius 2 is 1.89 bits per heavy atom. The van der Waals surface area contributed by atoms with Gasteiger partial charge < -0.3 is 15.5 Å². The maximum atomic E-state index is 12.2. The van der Waals surface area contributed by atoms with Crippen molar-refractivity contribution in [3.8, 4) is 0 Å². The first-order valence-electron chi connectivity index (χ1n) is 7.00. The number of amides is 1. The summed E-state index contributed by atoms with van der Waals surface area (Å²) in [7, 11) is 2.11. The number of hydrogen-bond acceptors (Lipinski definition) is 4. The highest BCUT2D eigenvalue weighted by molar-refractivity contribution is 5.78. The Balaban J connectivity index is 1.77. The molecule has 104 valence electrons. The van der Waals surface area contributed by atoms with Gasteiger partial charge in [-0.15, -0.1) is 0 Å². The third kappa shape index (κ3) is 3.43. The van der Waals surface area contributed by atoms with E-state index in [9.17, 15) is 4.79 Å². The molecule has 2 atom stereocenters. The minimum atomic E-state index is 0.283. The molecule has 2 fully saturated rings. The molecule has 0 aromatic heterocycles. The molecule has 2 aliphatic heterocycles. The van der Waals surface area contributed by atoms with Crippen LogP contribution in [-0.2, 0) is 4.79 Å². The van der Waals surface area contributed by atoms with Crippen LogP contribution in [-0.4, -0.2) is 79.5 Å². The fourth-order valence-corrected chi connectivity index (χ4v) is 2.74. The van der Waals surface area contributed by atoms with Crippen molar-refractivity contribution in [2.24, 2.45) is 11.7 Å². The third-order valence-corrected chi connectivity index (χ3v) is 4.27. The minimum absolute atomic E-state index is 0.283. The molecule has 2 unspecified atom stereocenters. The Morgan fingerprint density at radius 3 is 2.50 bits per heavy atom. The second-order valence-corrected chi connectivity index (χ2v) is 5.85. The molecule has 2 heterocycles. The zero-order valence-corrected chi connectivity index (χ0v) is 11.6. The van der Waals surface area contributed by atoms with Gasteiger partial charge in [-0.1, -0.05) is 6.92 Å². The molecule has 0 saturated carbocycles. The van der Waals surface area contributed by atoms with Gasteiger partial charge in [0.2, 0.25) is 5.91 Å². The van der Waals surface area contributed by atoms with Gasteiger partial charge in [0.25, 0.3) is 0 Å². The number of piperazine rings is 1. The van der Waals surface area contributed by atoms with Crippen molar-refractivity contribution in [3.63, 3.8) is 0 Å². The highest BCUT2D eigenvalue weighted by Crippen LogP contribution is 2.14. The first kappa shape index (κ1) is 13.8. The molecular weight excluding hydrogens is 228 g/mol. The van der Waals surface area contributed by atoms with Crippen molar-refractivity contribution < 1.29 is 4.79 Å². The van der Waals surface area contributed by atoms with E-state index in [1.54, 1.807) is 0 Å². The number of likely N-dealkylation sites (N-methyl/N-ethyl adjacent to an activating group) is 1. The zero-order valence-electron chi connectivity index (χ0n) is 11.6. The quantitative estimate of drug-likeness (QED) is 0.717. The maximum Gasteiger partial charge on any atom is 0.236 e. The van der Waals surface area contributed by atoms with Crippen LogP contribution in [0.3, 0.4) is 0 Å². The van der Waals surface area contributed by atoms with Crippen molar-refractivity contribution in [1.82, 2.24) is 14.7 Å². The zero-order chi connectivity index (χ0) is 13.1. The van der Waals surface area contributed by atoms with Gasteiger partial charge in [0, 0.05) is 45.3 Å². The van der Waals surface area contributed by atoms with Gasteiger partial charge in [0.05, 0.1) is 6.54 Å². The molecule has 1 amide bonds. The summed E-state index contributed by atoms with van der Waals surface area (Å²) in [4.78, 5) is 18.7. The van der Waals surface area contributed by atoms with Crippen molar-refractivity contribution in [2.75, 3.05) is 52.9 Å². The van der Waals surface area contributed by atoms with E-state index in [2.05, 4.69) is 23.8 Å². The molecule has 2 N–H and O–H groups in total. The average Bonchev–Trinajstić information content (AvgIpc) is 2.34. The molecule has 18 heavy (non-hydrogen) atoms. The average molecular weight is 254 g/mol. The van der Waals surface area contributed by atoms with Crippen LogP contribution in [0.4, 0.5) is 0 Å². The second kappa shape index (κ2) is 5.99. The van der Waals surface area contributed by atoms with Crippen LogP contribution < -0.4 is 5.73 Å². The summed E-state index contributed by atoms with van der Waals surface area (Å²) in [6.07, 6.45) is 1.01. The van der Waals surface area contributed by atoms with Crippen LogP contribution in [0.25, 0.3) is 0 Å². The minimum Gasteiger partial charge on any atom is -0.339 e. The number of hydrogen-bond donors (Lipinski definition) is 1. The predicted octanol–water partition coefficient (Wildman–Crippen LogP) is -0.570. The third-order valence-electron chi connectivity index (χ3n) is 4.27. The molecule has 0 aliphatic carbocycles. The van der Waals surface area contributed by atoms with Gasteiger partial charge in [-0.2, -0.15) is 0 Å². The molecule has 0 aromatic rings. The van der Waals surface area contributed by atoms with E-state index in [0.717, 1.165) is 45.7 Å². The van der Waals surface area contributed by atoms with E-state index < -0.39 is 0 Å². The summed E-state index contributed by atoms with van der Waals surface area (Å²) in [5, 5.41) is 0. The van der Waals surface area contributed by atoms with Crippen LogP contribution in [0.1, 0.15) is 13.3 Å². The van der Waals surface area contributed by atoms with Gasteiger partial charge in [-0.05, 0) is 19.4 Å². The number of nitrogens with two attached hydrogens (primary N) is 1. The van der Waals surface area contributed by atoms with E-state index in [1.165, 1.54) is 0 Å². The number of nitrogens with zero attached hydrogens (tertiary/aromatic N) is 3. The van der Waals surface area contributed by atoms with E-state index in [1.807, 2.05) is 4.90 Å². The molecule has 2 saturated heterocycles. The second-order valence-electron chi connectivity index (χ2n) is 5.85. The Hall–Kier alpha value is -0.650. The summed E-state index contributed by atoms with van der Waals surface area (Å²) in [6, 6.07) is 0.306. The monoisotopic (exact) mass is 254 g/mol. The lowest BCUT2D eigenvalue weighted by Gasteiger charge is -2.37. The lowest BCUT2D eigenvalue weighted by molar-refractivity contribution is -0.134. The van der Waals surface area contributed by atoms with Crippen molar-refractivity contribution in [2.45, 2.75) is 19.4 Å². The normalized spacial score (nSPS) is 31.6. The van der Waals surface area contributed by atoms with Crippen molar-refractivity contribution in [3.05, 3.63) is 0 Å². The molecule has 5 heteroatoms. The number of piperidine rings is 1. The first-order valence-corrected chi connectivity index (χ1v) is 7.00. The highest BCUT2D eigenvalue weighted by Gasteiger charge is 2.26. The van der Waals surface area contributed by atoms with Crippen LogP contribution in [0.15, 0.2) is 0 Å². The summed E-state index contributed by atoms with van der Waals surface area (Å²) in [5.74, 6) is 0.782. The summed E-state index contributed by atoms with van der Waals surface area (Å²) >= 11 is 0. The van der Waals surface area contributed by atoms with E-state index in [0.29, 0.717) is 18.5 Å². The standard InChI is InChI=1S/C13H26N4O/c1-11-9-16(4-3-12(11)14)10-13(18)17-7-5-15(2)6-8-17/h11-12H,3-10,14H2,1-2H3. The Bertz CT molecular complexity index is 289. The molecule has 0 bridgehead atoms. The van der Waals surface area contributed by atoms with Crippen LogP contribution in [0.5, 0.6) is 0 Å². The number of carbonyl (C=O) groups is 1. The molecule has 0 aromatic carbocycles. The molecule has 0 spiro atoms. The topological polar surface area (TPSA) is 52.8 Å². The van der Waals surface area contributed by atoms with E-state index in [4.69, 9.17) is 5.73 Å². The Morgan fingerprint density at radius 1 is 1.22 bits per heavy atom. The number of rotatable bonds is 2. The number of likely N-dealkylation sites (tertiary alicyclic amines) is 1. The van der Waals surface area contributed by atoms with E-state index >= 15 is 0 Å². The number of carbonyl (C=O) groups excluding carboxylic acids is 1. The summed E-state index contributed by atoms with van der Waals surface area (Å²) < 4.78 is 0. The Labute approximate surface area is 110 Å². The molecule has 0 radical (unpaired) electrons. The summed E-state index contributed by atoms with van der Waals surface area (Å²) in [5.41, 5.74) is 6.00. The predicted molar refractivity (Wildman–Crippen MR) is 72.3 cm³/mol. The highest BCUT2D eigenvalue weighted by atomic mass is 16.2. The van der Waals surface area contributed by atoms with Gasteiger partial charge in [-0.3, -0.25) is 9.69 Å². The van der Waals surface area contributed by atoms with Crippen molar-refractivity contribution >= 4 is 5.91 Å². The molecule has 5 nitrogen and oxygen atoms in total. The van der Waals surface area contributed by atoms with E-state index in [-0.39, 0.29) is 5.91 Å². The fraction of sp³-hybridized carbons (Fsp3) is 0.923. The van der Waals surface area contributed by atoms with Crippen LogP contribution in [0.2, 0.25) is 0 Å². The SMILES string of the molecule is CC1CN(CC(=O)N2CCN(C)CC2)CCC1N. The van der Waals surface area contributed by atoms with Gasteiger partial charge >= 0.3 is 0 Å². The van der Waals surface area contributed by atoms with Crippen molar-refractivity contribution in [1.29, 1.82) is 0 Å². The fourth-order valence-electron chi connectivity index (χ4n) is 2.74. The van der Waals surface area contributed by atoms with Gasteiger partial charge in [0.15, 0.2) is 0 Å². The molecule has 2 aliphatic rings. The van der Waals surface area contributed by atoms with Gasteiger partial charge in [-0.25, -0.2) is 0 Å². The molecular formula is C13H26N4O. The first-order chi connectivity index (χ1) is 8.56. The molecule has 2 rings (SSSR count). The largest absolute Gasteiger partial charge is 0.339 e. The van der Waals surface area contributed by atoms with Gasteiger partial charge in [0.1, 0.15) is 0 Å². The summed E-state index contributed by atoms with van der Waals surface area (Å²) in [6.45, 7) is 8.40. The lowest BCUT2D eigenvalue weighted by Crippen LogP contribution is -2.52.